The number of hydrogen-bond donors (Lipinski definition) is 0. The van der Waals surface area contributed by atoms with Crippen molar-refractivity contribution in [2.24, 2.45) is 0 Å². The maximum Gasteiger partial charge on any atom is 0.373 e. The van der Waals surface area contributed by atoms with Crippen LogP contribution in [0.25, 0.3) is 0 Å². The maximum absolute atomic E-state index is 12.0. The lowest BCUT2D eigenvalue weighted by Crippen LogP contribution is -2.21. The molecule has 0 unspecified atom stereocenters. The second kappa shape index (κ2) is 5.22. The van der Waals surface area contributed by atoms with Gasteiger partial charge in [0.2, 0.25) is 5.28 Å². The topological polar surface area (TPSA) is 78.5 Å². The number of aromatic nitrogens is 6. The Labute approximate surface area is 118 Å². The molecule has 0 aliphatic heterocycles. The third kappa shape index (κ3) is 2.43. The molecular formula is C12H9ClN6O. The minimum Gasteiger partial charge on any atom is -0.243 e. The average molecular weight is 289 g/mol. The van der Waals surface area contributed by atoms with E-state index in [1.807, 2.05) is 30.3 Å². The second-order valence-electron chi connectivity index (χ2n) is 3.99. The van der Waals surface area contributed by atoms with Crippen LogP contribution in [0.4, 0.5) is 4.79 Å². The van der Waals surface area contributed by atoms with E-state index in [4.69, 9.17) is 11.6 Å². The normalized spacial score (nSPS) is 10.7. The third-order valence-corrected chi connectivity index (χ3v) is 2.86. The molecule has 8 heteroatoms. The first-order valence-electron chi connectivity index (χ1n) is 5.79. The molecule has 0 aliphatic carbocycles. The highest BCUT2D eigenvalue weighted by Gasteiger charge is 2.16. The standard InChI is InChI=1S/C12H9ClN6O/c13-11-16-10(6-9-4-2-1-3-5-9)17-19(11)12(20)18-8-14-7-15-18/h1-5,7-8H,6H2. The van der Waals surface area contributed by atoms with Gasteiger partial charge in [-0.15, -0.1) is 9.78 Å². The summed E-state index contributed by atoms with van der Waals surface area (Å²) < 4.78 is 2.03. The van der Waals surface area contributed by atoms with Gasteiger partial charge < -0.3 is 0 Å². The highest BCUT2D eigenvalue weighted by Crippen LogP contribution is 2.10. The van der Waals surface area contributed by atoms with Crippen LogP contribution in [0.2, 0.25) is 5.28 Å². The number of benzene rings is 1. The van der Waals surface area contributed by atoms with E-state index in [1.165, 1.54) is 12.7 Å². The fourth-order valence-corrected chi connectivity index (χ4v) is 1.92. The number of nitrogens with zero attached hydrogens (tertiary/aromatic N) is 6. The van der Waals surface area contributed by atoms with Crippen LogP contribution in [0, 0.1) is 0 Å². The van der Waals surface area contributed by atoms with Gasteiger partial charge in [-0.3, -0.25) is 0 Å². The number of carbonyl (C=O) groups excluding carboxylic acids is 1. The molecule has 0 atom stereocenters. The van der Waals surface area contributed by atoms with Gasteiger partial charge in [0.05, 0.1) is 0 Å². The summed E-state index contributed by atoms with van der Waals surface area (Å²) in [6.45, 7) is 0. The Morgan fingerprint density at radius 1 is 1.25 bits per heavy atom. The zero-order valence-electron chi connectivity index (χ0n) is 10.2. The Kier molecular flexibility index (Phi) is 3.26. The fraction of sp³-hybridized carbons (Fsp3) is 0.0833. The molecule has 0 bridgehead atoms. The smallest absolute Gasteiger partial charge is 0.243 e. The Bertz CT molecular complexity index is 722. The number of rotatable bonds is 2. The zero-order chi connectivity index (χ0) is 13.9. The fourth-order valence-electron chi connectivity index (χ4n) is 1.71. The highest BCUT2D eigenvalue weighted by atomic mass is 35.5. The molecule has 2 aromatic heterocycles. The Hall–Kier alpha value is -2.54. The summed E-state index contributed by atoms with van der Waals surface area (Å²) in [7, 11) is 0. The Balaban J connectivity index is 1.86. The van der Waals surface area contributed by atoms with Gasteiger partial charge in [-0.05, 0) is 17.2 Å². The first-order valence-corrected chi connectivity index (χ1v) is 6.16. The number of halogens is 1. The number of carbonyl (C=O) groups is 1. The van der Waals surface area contributed by atoms with E-state index >= 15 is 0 Å². The van der Waals surface area contributed by atoms with Gasteiger partial charge >= 0.3 is 6.03 Å². The van der Waals surface area contributed by atoms with Gasteiger partial charge in [0, 0.05) is 6.42 Å². The molecule has 100 valence electrons. The van der Waals surface area contributed by atoms with E-state index in [2.05, 4.69) is 20.2 Å². The summed E-state index contributed by atoms with van der Waals surface area (Å²) in [5.74, 6) is 0.467. The van der Waals surface area contributed by atoms with Gasteiger partial charge in [-0.25, -0.2) is 14.8 Å². The molecule has 0 fully saturated rings. The van der Waals surface area contributed by atoms with Crippen LogP contribution in [-0.2, 0) is 6.42 Å². The Morgan fingerprint density at radius 2 is 2.05 bits per heavy atom. The monoisotopic (exact) mass is 288 g/mol. The van der Waals surface area contributed by atoms with Gasteiger partial charge in [0.25, 0.3) is 0 Å². The molecule has 3 rings (SSSR count). The molecular weight excluding hydrogens is 280 g/mol. The molecule has 0 aliphatic rings. The van der Waals surface area contributed by atoms with E-state index in [0.717, 1.165) is 14.9 Å². The van der Waals surface area contributed by atoms with Gasteiger partial charge in [-0.1, -0.05) is 30.3 Å². The summed E-state index contributed by atoms with van der Waals surface area (Å²) in [5.41, 5.74) is 1.04. The summed E-state index contributed by atoms with van der Waals surface area (Å²) >= 11 is 5.93. The lowest BCUT2D eigenvalue weighted by Gasteiger charge is -1.98. The van der Waals surface area contributed by atoms with Crippen LogP contribution in [0.15, 0.2) is 43.0 Å². The van der Waals surface area contributed by atoms with E-state index in [9.17, 15) is 4.79 Å². The van der Waals surface area contributed by atoms with Crippen molar-refractivity contribution in [1.29, 1.82) is 0 Å². The predicted molar refractivity (Wildman–Crippen MR) is 70.5 cm³/mol. The zero-order valence-corrected chi connectivity index (χ0v) is 11.0. The van der Waals surface area contributed by atoms with Crippen LogP contribution in [0.1, 0.15) is 11.4 Å². The van der Waals surface area contributed by atoms with E-state index in [-0.39, 0.29) is 5.28 Å². The minimum absolute atomic E-state index is 0.00330. The highest BCUT2D eigenvalue weighted by molar-refractivity contribution is 6.29. The van der Waals surface area contributed by atoms with Crippen LogP contribution in [0.5, 0.6) is 0 Å². The molecule has 2 heterocycles. The molecule has 0 spiro atoms. The summed E-state index contributed by atoms with van der Waals surface area (Å²) in [6.07, 6.45) is 3.03. The number of hydrogen-bond acceptors (Lipinski definition) is 5. The molecule has 0 radical (unpaired) electrons. The van der Waals surface area contributed by atoms with Crippen molar-refractivity contribution in [3.63, 3.8) is 0 Å². The summed E-state index contributed by atoms with van der Waals surface area (Å²) in [5, 5.41) is 7.83. The van der Waals surface area contributed by atoms with Crippen LogP contribution < -0.4 is 0 Å². The third-order valence-electron chi connectivity index (χ3n) is 2.61. The Morgan fingerprint density at radius 3 is 2.75 bits per heavy atom. The van der Waals surface area contributed by atoms with Crippen molar-refractivity contribution < 1.29 is 4.79 Å². The molecule has 0 amide bonds. The van der Waals surface area contributed by atoms with Crippen molar-refractivity contribution in [2.45, 2.75) is 6.42 Å². The molecule has 0 saturated carbocycles. The lowest BCUT2D eigenvalue weighted by atomic mass is 10.1. The van der Waals surface area contributed by atoms with Crippen molar-refractivity contribution >= 4 is 17.6 Å². The van der Waals surface area contributed by atoms with E-state index < -0.39 is 6.03 Å². The van der Waals surface area contributed by atoms with Crippen LogP contribution in [-0.4, -0.2) is 35.6 Å². The largest absolute Gasteiger partial charge is 0.373 e. The molecule has 20 heavy (non-hydrogen) atoms. The van der Waals surface area contributed by atoms with Gasteiger partial charge in [0.1, 0.15) is 12.7 Å². The first-order chi connectivity index (χ1) is 9.74. The maximum atomic E-state index is 12.0. The lowest BCUT2D eigenvalue weighted by molar-refractivity contribution is 0.238. The minimum atomic E-state index is -0.528. The van der Waals surface area contributed by atoms with Crippen LogP contribution >= 0.6 is 11.6 Å². The SMILES string of the molecule is O=C(n1cncn1)n1nc(Cc2ccccc2)nc1Cl. The molecule has 7 nitrogen and oxygen atoms in total. The quantitative estimate of drug-likeness (QED) is 0.716. The first kappa shape index (κ1) is 12.5. The van der Waals surface area contributed by atoms with Gasteiger partial charge in [0.15, 0.2) is 5.82 Å². The average Bonchev–Trinajstić information content (AvgIpc) is 3.09. The molecule has 1 aromatic carbocycles. The van der Waals surface area contributed by atoms with Crippen molar-refractivity contribution in [3.05, 3.63) is 59.7 Å². The molecule has 0 saturated heterocycles. The van der Waals surface area contributed by atoms with Crippen LogP contribution in [0.3, 0.4) is 0 Å². The summed E-state index contributed by atoms with van der Waals surface area (Å²) in [6, 6.07) is 9.15. The molecule has 3 aromatic rings. The summed E-state index contributed by atoms with van der Waals surface area (Å²) in [4.78, 5) is 19.8. The second-order valence-corrected chi connectivity index (χ2v) is 4.33. The van der Waals surface area contributed by atoms with Gasteiger partial charge in [-0.2, -0.15) is 9.78 Å². The van der Waals surface area contributed by atoms with Crippen molar-refractivity contribution in [2.75, 3.05) is 0 Å². The van der Waals surface area contributed by atoms with E-state index in [0.29, 0.717) is 12.2 Å². The van der Waals surface area contributed by atoms with E-state index in [1.54, 1.807) is 0 Å². The van der Waals surface area contributed by atoms with Crippen molar-refractivity contribution in [1.82, 2.24) is 29.5 Å². The molecule has 0 N–H and O–H groups in total. The van der Waals surface area contributed by atoms with Crippen molar-refractivity contribution in [3.8, 4) is 0 Å². The predicted octanol–water partition coefficient (Wildman–Crippen LogP) is 1.63.